The number of rotatable bonds is 10. The molecule has 31 heavy (non-hydrogen) atoms. The lowest BCUT2D eigenvalue weighted by atomic mass is 10.1. The quantitative estimate of drug-likeness (QED) is 0.290. The third kappa shape index (κ3) is 5.50. The second kappa shape index (κ2) is 9.92. The lowest BCUT2D eigenvalue weighted by Gasteiger charge is -2.22. The lowest BCUT2D eigenvalue weighted by molar-refractivity contribution is 0.285. The van der Waals surface area contributed by atoms with Crippen molar-refractivity contribution in [3.05, 3.63) is 103 Å². The van der Waals surface area contributed by atoms with Crippen molar-refractivity contribution in [3.63, 3.8) is 0 Å². The Hall–Kier alpha value is -3.63. The van der Waals surface area contributed by atoms with Crippen molar-refractivity contribution < 1.29 is 28.3 Å². The molecule has 0 heterocycles. The van der Waals surface area contributed by atoms with Gasteiger partial charge < -0.3 is 23.8 Å². The maximum atomic E-state index is 13.8. The highest BCUT2D eigenvalue weighted by Gasteiger charge is 2.36. The smallest absolute Gasteiger partial charge is 0.504 e. The van der Waals surface area contributed by atoms with Gasteiger partial charge in [0.05, 0.1) is 0 Å². The van der Waals surface area contributed by atoms with Gasteiger partial charge in [0.15, 0.2) is 23.0 Å². The largest absolute Gasteiger partial charge is 0.647 e. The minimum Gasteiger partial charge on any atom is -0.504 e. The molecule has 160 valence electrons. The molecule has 6 nitrogen and oxygen atoms in total. The Morgan fingerprint density at radius 3 is 1.65 bits per heavy atom. The van der Waals surface area contributed by atoms with Crippen LogP contribution in [0.3, 0.4) is 0 Å². The van der Waals surface area contributed by atoms with Crippen LogP contribution in [0.25, 0.3) is 0 Å². The molecule has 3 rings (SSSR count). The summed E-state index contributed by atoms with van der Waals surface area (Å²) in [6.45, 7) is 7.38. The van der Waals surface area contributed by atoms with Crippen molar-refractivity contribution in [2.45, 2.75) is 12.8 Å². The first-order chi connectivity index (χ1) is 15.0. The van der Waals surface area contributed by atoms with Crippen LogP contribution in [-0.4, -0.2) is 10.2 Å². The Morgan fingerprint density at radius 1 is 0.710 bits per heavy atom. The van der Waals surface area contributed by atoms with Gasteiger partial charge in [-0.05, 0) is 37.1 Å². The molecule has 0 aliphatic heterocycles. The highest BCUT2D eigenvalue weighted by Crippen LogP contribution is 2.54. The first-order valence-electron chi connectivity index (χ1n) is 9.53. The SMILES string of the molecule is C=CCc1cccc(O)c1OP(=O)(Oc1ccccc1)Oc1c(O)cccc1CC=C. The van der Waals surface area contributed by atoms with Crippen LogP contribution in [0.1, 0.15) is 11.1 Å². The average molecular weight is 438 g/mol. The number of phosphoric acid groups is 1. The summed E-state index contributed by atoms with van der Waals surface area (Å²) in [5, 5.41) is 20.7. The van der Waals surface area contributed by atoms with Crippen molar-refractivity contribution in [3.8, 4) is 28.7 Å². The molecule has 0 aliphatic carbocycles. The van der Waals surface area contributed by atoms with E-state index in [1.54, 1.807) is 66.7 Å². The number of phosphoric ester groups is 1. The molecule has 0 saturated carbocycles. The van der Waals surface area contributed by atoms with Gasteiger partial charge >= 0.3 is 7.82 Å². The molecular formula is C24H23O6P. The van der Waals surface area contributed by atoms with Gasteiger partial charge in [-0.25, -0.2) is 0 Å². The third-order valence-corrected chi connectivity index (χ3v) is 5.49. The van der Waals surface area contributed by atoms with E-state index in [2.05, 4.69) is 13.2 Å². The van der Waals surface area contributed by atoms with Crippen LogP contribution < -0.4 is 13.6 Å². The topological polar surface area (TPSA) is 85.2 Å². The molecule has 0 fully saturated rings. The predicted octanol–water partition coefficient (Wildman–Crippen LogP) is 6.20. The number of hydrogen-bond acceptors (Lipinski definition) is 6. The summed E-state index contributed by atoms with van der Waals surface area (Å²) in [5.41, 5.74) is 1.08. The van der Waals surface area contributed by atoms with Crippen LogP contribution >= 0.6 is 7.82 Å². The van der Waals surface area contributed by atoms with E-state index in [-0.39, 0.29) is 28.7 Å². The molecule has 0 aromatic heterocycles. The van der Waals surface area contributed by atoms with Crippen LogP contribution in [0.15, 0.2) is 92.0 Å². The summed E-state index contributed by atoms with van der Waals surface area (Å²) in [7, 11) is -4.43. The van der Waals surface area contributed by atoms with Crippen LogP contribution in [-0.2, 0) is 17.4 Å². The van der Waals surface area contributed by atoms with Crippen molar-refractivity contribution in [1.82, 2.24) is 0 Å². The van der Waals surface area contributed by atoms with E-state index >= 15 is 0 Å². The molecule has 0 amide bonds. The second-order valence-corrected chi connectivity index (χ2v) is 7.99. The highest BCUT2D eigenvalue weighted by atomic mass is 31.2. The zero-order chi connectivity index (χ0) is 22.3. The van der Waals surface area contributed by atoms with Gasteiger partial charge in [0, 0.05) is 11.1 Å². The maximum absolute atomic E-state index is 13.8. The molecule has 2 N–H and O–H groups in total. The minimum absolute atomic E-state index is 0.0534. The zero-order valence-corrected chi connectivity index (χ0v) is 17.7. The van der Waals surface area contributed by atoms with Crippen molar-refractivity contribution in [2.75, 3.05) is 0 Å². The van der Waals surface area contributed by atoms with Gasteiger partial charge in [-0.15, -0.1) is 13.2 Å². The number of hydrogen-bond donors (Lipinski definition) is 2. The summed E-state index contributed by atoms with van der Waals surface area (Å²) in [6.07, 6.45) is 3.95. The fourth-order valence-corrected chi connectivity index (χ4v) is 4.24. The molecule has 0 unspecified atom stereocenters. The maximum Gasteiger partial charge on any atom is 0.647 e. The van der Waals surface area contributed by atoms with Gasteiger partial charge in [0.25, 0.3) is 0 Å². The molecule has 0 spiro atoms. The minimum atomic E-state index is -4.43. The normalized spacial score (nSPS) is 10.8. The first-order valence-corrected chi connectivity index (χ1v) is 11.0. The van der Waals surface area contributed by atoms with Crippen LogP contribution in [0.4, 0.5) is 0 Å². The number of phenolic OH excluding ortho intramolecular Hbond substituents is 2. The molecule has 0 saturated heterocycles. The van der Waals surface area contributed by atoms with E-state index in [0.29, 0.717) is 24.0 Å². The monoisotopic (exact) mass is 438 g/mol. The summed E-state index contributed by atoms with van der Waals surface area (Å²) < 4.78 is 30.8. The summed E-state index contributed by atoms with van der Waals surface area (Å²) >= 11 is 0. The first kappa shape index (κ1) is 22.1. The number of phenols is 2. The van der Waals surface area contributed by atoms with Crippen LogP contribution in [0.2, 0.25) is 0 Å². The molecule has 0 atom stereocenters. The fraction of sp³-hybridized carbons (Fsp3) is 0.0833. The number of benzene rings is 3. The van der Waals surface area contributed by atoms with E-state index in [1.807, 2.05) is 0 Å². The Bertz CT molecular complexity index is 1040. The van der Waals surface area contributed by atoms with E-state index in [9.17, 15) is 14.8 Å². The average Bonchev–Trinajstić information content (AvgIpc) is 2.74. The summed E-state index contributed by atoms with van der Waals surface area (Å²) in [4.78, 5) is 0. The lowest BCUT2D eigenvalue weighted by Crippen LogP contribution is -2.10. The Morgan fingerprint density at radius 2 is 1.19 bits per heavy atom. The highest BCUT2D eigenvalue weighted by molar-refractivity contribution is 7.49. The van der Waals surface area contributed by atoms with Crippen LogP contribution in [0, 0.1) is 0 Å². The van der Waals surface area contributed by atoms with E-state index in [0.717, 1.165) is 0 Å². The van der Waals surface area contributed by atoms with Crippen LogP contribution in [0.5, 0.6) is 28.7 Å². The molecule has 0 radical (unpaired) electrons. The van der Waals surface area contributed by atoms with Gasteiger partial charge in [-0.2, -0.15) is 4.57 Å². The molecule has 7 heteroatoms. The van der Waals surface area contributed by atoms with Gasteiger partial charge in [-0.3, -0.25) is 0 Å². The molecule has 3 aromatic rings. The molecule has 0 aliphatic rings. The second-order valence-electron chi connectivity index (χ2n) is 6.55. The van der Waals surface area contributed by atoms with Crippen molar-refractivity contribution >= 4 is 7.82 Å². The van der Waals surface area contributed by atoms with Gasteiger partial charge in [0.2, 0.25) is 0 Å². The Kier molecular flexibility index (Phi) is 7.06. The number of para-hydroxylation sites is 3. The molecular weight excluding hydrogens is 415 g/mol. The van der Waals surface area contributed by atoms with E-state index in [4.69, 9.17) is 13.6 Å². The van der Waals surface area contributed by atoms with Gasteiger partial charge in [0.1, 0.15) is 5.75 Å². The Balaban J connectivity index is 2.06. The number of aromatic hydroxyl groups is 2. The molecule has 0 bridgehead atoms. The van der Waals surface area contributed by atoms with Crippen molar-refractivity contribution in [2.24, 2.45) is 0 Å². The zero-order valence-electron chi connectivity index (χ0n) is 16.8. The Labute approximate surface area is 181 Å². The van der Waals surface area contributed by atoms with E-state index in [1.165, 1.54) is 12.1 Å². The summed E-state index contributed by atoms with van der Waals surface area (Å²) in [5.74, 6) is -0.344. The fourth-order valence-electron chi connectivity index (χ4n) is 2.88. The molecule has 3 aromatic carbocycles. The van der Waals surface area contributed by atoms with Crippen molar-refractivity contribution in [1.29, 1.82) is 0 Å². The standard InChI is InChI=1S/C24H23O6P/c1-3-10-18-12-8-16-21(25)23(18)29-31(27,28-20-14-6-5-7-15-20)30-24-19(11-4-2)13-9-17-22(24)26/h3-9,12-17,25-26H,1-2,10-11H2. The summed E-state index contributed by atoms with van der Waals surface area (Å²) in [6, 6.07) is 17.8. The number of allylic oxidation sites excluding steroid dienone is 2. The predicted molar refractivity (Wildman–Crippen MR) is 120 cm³/mol. The third-order valence-electron chi connectivity index (χ3n) is 4.25. The van der Waals surface area contributed by atoms with E-state index < -0.39 is 7.82 Å². The van der Waals surface area contributed by atoms with Gasteiger partial charge in [-0.1, -0.05) is 54.6 Å².